The molecule has 0 heterocycles. The molecule has 520 valence electrons. The first-order valence-corrected chi connectivity index (χ1v) is 33.6. The number of imide groups is 1. The van der Waals surface area contributed by atoms with E-state index in [9.17, 15) is 63.3 Å². The summed E-state index contributed by atoms with van der Waals surface area (Å²) in [6.07, 6.45) is 3.99. The van der Waals surface area contributed by atoms with Gasteiger partial charge in [0.15, 0.2) is 0 Å². The number of carbonyl (C=O) groups excluding carboxylic acids is 11. The molecule has 8 N–H and O–H groups in total. The van der Waals surface area contributed by atoms with Gasteiger partial charge in [-0.25, -0.2) is 4.79 Å². The minimum absolute atomic E-state index is 0.0400. The molecule has 1 unspecified atom stereocenters. The molecule has 0 aliphatic rings. The minimum Gasteiger partial charge on any atom is -0.396 e. The summed E-state index contributed by atoms with van der Waals surface area (Å²) in [4.78, 5) is 162. The Morgan fingerprint density at radius 2 is 0.933 bits per heavy atom. The average Bonchev–Trinajstić information content (AvgIpc) is 0.920. The molecule has 0 aromatic heterocycles. The van der Waals surface area contributed by atoms with Gasteiger partial charge in [-0.3, -0.25) is 52.8 Å². The van der Waals surface area contributed by atoms with E-state index in [2.05, 4.69) is 26.6 Å². The van der Waals surface area contributed by atoms with Crippen LogP contribution in [-0.4, -0.2) is 244 Å². The first-order chi connectivity index (χ1) is 41.9. The highest BCUT2D eigenvalue weighted by Crippen LogP contribution is 2.24. The quantitative estimate of drug-likeness (QED) is 0.0405. The molecule has 0 spiro atoms. The zero-order valence-corrected chi connectivity index (χ0v) is 59.3. The molecule has 26 heteroatoms. The number of hydrogen-bond donors (Lipinski definition) is 8. The van der Waals surface area contributed by atoms with Crippen molar-refractivity contribution in [1.29, 1.82) is 0 Å². The molecular formula is C64H119N11O14S. The van der Waals surface area contributed by atoms with Crippen LogP contribution in [-0.2, 0) is 47.9 Å². The number of aliphatic hydroxyl groups excluding tert-OH is 3. The van der Waals surface area contributed by atoms with E-state index >= 15 is 4.79 Å². The Balaban J connectivity index is 7.01. The fourth-order valence-corrected chi connectivity index (χ4v) is 11.5. The summed E-state index contributed by atoms with van der Waals surface area (Å²) in [5.74, 6) is -7.14. The van der Waals surface area contributed by atoms with E-state index in [0.717, 1.165) is 24.2 Å². The SMILES string of the molecule is CC[C@H](NC(=O)C([C@H](O)[C@H](C)CCCCCCO)N(C)C(=O)CC(C)C)C(=O)N(C)[C@H](CSCCCCO)C(=O)N(C)[C@@H](CC(C)C)C(=O)N[C@H](C(=O)N(C)[C@@H](CC(C)C)C(=O)N[C@H](C)C(=O)N[C@@H](C)C(=O)N(C)[C@@H](CC(C)C)C(=O)N(C)C(=O)NC)C(C)C. The molecule has 0 bridgehead atoms. The highest BCUT2D eigenvalue weighted by molar-refractivity contribution is 7.99. The van der Waals surface area contributed by atoms with E-state index in [1.807, 2.05) is 55.4 Å². The number of thioether (sulfide) groups is 1. The average molecular weight is 1300 g/mol. The Bertz CT molecular complexity index is 2290. The maximum absolute atomic E-state index is 15.1. The number of aliphatic hydroxyl groups is 3. The molecule has 25 nitrogen and oxygen atoms in total. The van der Waals surface area contributed by atoms with Gasteiger partial charge >= 0.3 is 6.03 Å². The van der Waals surface area contributed by atoms with Crippen LogP contribution >= 0.6 is 11.8 Å². The van der Waals surface area contributed by atoms with Crippen LogP contribution in [0, 0.1) is 35.5 Å². The topological polar surface area (TPSA) is 328 Å². The van der Waals surface area contributed by atoms with Gasteiger partial charge in [0.05, 0.1) is 6.10 Å². The lowest BCUT2D eigenvalue weighted by Gasteiger charge is -2.38. The maximum atomic E-state index is 15.1. The van der Waals surface area contributed by atoms with Gasteiger partial charge in [0.25, 0.3) is 5.91 Å². The number of nitrogens with zero attached hydrogens (tertiary/aromatic N) is 6. The van der Waals surface area contributed by atoms with Gasteiger partial charge in [-0.15, -0.1) is 0 Å². The molecule has 0 fully saturated rings. The van der Waals surface area contributed by atoms with Gasteiger partial charge in [0.1, 0.15) is 54.4 Å². The van der Waals surface area contributed by atoms with Gasteiger partial charge in [-0.1, -0.05) is 102 Å². The van der Waals surface area contributed by atoms with E-state index in [-0.39, 0.29) is 80.6 Å². The molecule has 0 aliphatic heterocycles. The second-order valence-electron chi connectivity index (χ2n) is 26.3. The van der Waals surface area contributed by atoms with E-state index in [1.54, 1.807) is 27.7 Å². The van der Waals surface area contributed by atoms with Crippen LogP contribution in [0.1, 0.15) is 174 Å². The summed E-state index contributed by atoms with van der Waals surface area (Å²) in [6.45, 7) is 24.7. The Morgan fingerprint density at radius 1 is 0.467 bits per heavy atom. The molecule has 0 aromatic rings. The number of likely N-dealkylation sites (N-methyl/N-ethyl adjacent to an activating group) is 6. The number of nitrogens with one attached hydrogen (secondary N) is 5. The van der Waals surface area contributed by atoms with Gasteiger partial charge < -0.3 is 66.4 Å². The summed E-state index contributed by atoms with van der Waals surface area (Å²) in [7, 11) is 9.86. The molecule has 0 radical (unpaired) electrons. The second kappa shape index (κ2) is 42.5. The predicted octanol–water partition coefficient (Wildman–Crippen LogP) is 3.59. The summed E-state index contributed by atoms with van der Waals surface area (Å²) in [5, 5.41) is 43.9. The van der Waals surface area contributed by atoms with Crippen molar-refractivity contribution >= 4 is 76.9 Å². The van der Waals surface area contributed by atoms with E-state index in [1.165, 1.54) is 99.4 Å². The molecule has 0 saturated carbocycles. The van der Waals surface area contributed by atoms with Crippen LogP contribution in [0.2, 0.25) is 0 Å². The Kier molecular flexibility index (Phi) is 39.9. The van der Waals surface area contributed by atoms with Crippen molar-refractivity contribution in [3.63, 3.8) is 0 Å². The van der Waals surface area contributed by atoms with Crippen molar-refractivity contribution in [2.45, 2.75) is 234 Å². The standard InChI is InChI=1S/C64H119N11O14S/c1-22-46(68-58(83)53(74(20)51(78)36-41(8)9)54(79)43(12)29-25-23-24-26-30-76)60(85)73(19)50(37-90-32-28-27-31-77)62(87)70(16)48(34-39(4)5)57(82)69-52(42(10)11)63(88)71(17)47(33-38(2)3)56(81)66-44(13)55(80)67-45(14)59(84)72(18)49(35-40(6)7)61(86)75(21)64(89)65-15/h38-50,52-54,76-77,79H,22-37H2,1-21H3,(H,65,89)(H,66,81)(H,67,80)(H,68,83)(H,69,82)/t43-,44-,45+,46+,47+,48+,49+,50-,52+,53?,54-/m1/s1. The van der Waals surface area contributed by atoms with Gasteiger partial charge in [-0.05, 0) is 106 Å². The van der Waals surface area contributed by atoms with E-state index in [4.69, 9.17) is 0 Å². The van der Waals surface area contributed by atoms with Gasteiger partial charge in [0, 0.05) is 74.7 Å². The fourth-order valence-electron chi connectivity index (χ4n) is 10.4. The first-order valence-electron chi connectivity index (χ1n) is 32.4. The zero-order chi connectivity index (χ0) is 69.6. The molecule has 12 amide bonds. The second-order valence-corrected chi connectivity index (χ2v) is 27.5. The number of carbonyl (C=O) groups is 11. The normalized spacial score (nSPS) is 15.3. The van der Waals surface area contributed by atoms with Crippen LogP contribution < -0.4 is 26.6 Å². The fraction of sp³-hybridized carbons (Fsp3) is 0.828. The van der Waals surface area contributed by atoms with Crippen molar-refractivity contribution in [1.82, 2.24) is 56.0 Å². The van der Waals surface area contributed by atoms with Gasteiger partial charge in [-0.2, -0.15) is 11.8 Å². The maximum Gasteiger partial charge on any atom is 0.323 e. The lowest BCUT2D eigenvalue weighted by atomic mass is 9.90. The molecule has 90 heavy (non-hydrogen) atoms. The largest absolute Gasteiger partial charge is 0.396 e. The Labute approximate surface area is 542 Å². The summed E-state index contributed by atoms with van der Waals surface area (Å²) < 4.78 is 0. The van der Waals surface area contributed by atoms with Crippen LogP contribution in [0.15, 0.2) is 0 Å². The molecule has 11 atom stereocenters. The van der Waals surface area contributed by atoms with Crippen LogP contribution in [0.3, 0.4) is 0 Å². The number of hydrogen-bond acceptors (Lipinski definition) is 15. The van der Waals surface area contributed by atoms with Crippen LogP contribution in [0.25, 0.3) is 0 Å². The number of urea groups is 1. The highest BCUT2D eigenvalue weighted by Gasteiger charge is 2.43. The van der Waals surface area contributed by atoms with Crippen molar-refractivity contribution in [3.05, 3.63) is 0 Å². The van der Waals surface area contributed by atoms with Crippen molar-refractivity contribution < 1.29 is 68.1 Å². The third-order valence-electron chi connectivity index (χ3n) is 16.2. The highest BCUT2D eigenvalue weighted by atomic mass is 32.2. The molecule has 0 aromatic carbocycles. The molecular weight excluding hydrogens is 1180 g/mol. The molecule has 0 aliphatic carbocycles. The number of amides is 12. The molecule has 0 saturated heterocycles. The smallest absolute Gasteiger partial charge is 0.323 e. The first kappa shape index (κ1) is 84.4. The lowest BCUT2D eigenvalue weighted by molar-refractivity contribution is -0.150. The van der Waals surface area contributed by atoms with Crippen molar-refractivity contribution in [2.75, 3.05) is 74.1 Å². The molecule has 0 rings (SSSR count). The van der Waals surface area contributed by atoms with Gasteiger partial charge in [0.2, 0.25) is 53.2 Å². The van der Waals surface area contributed by atoms with Crippen LogP contribution in [0.4, 0.5) is 4.79 Å². The van der Waals surface area contributed by atoms with E-state index < -0.39 is 132 Å². The summed E-state index contributed by atoms with van der Waals surface area (Å²) in [6, 6.07) is -11.4. The lowest BCUT2D eigenvalue weighted by Crippen LogP contribution is -2.62. The van der Waals surface area contributed by atoms with E-state index in [0.29, 0.717) is 31.4 Å². The van der Waals surface area contributed by atoms with Crippen LogP contribution in [0.5, 0.6) is 0 Å². The Morgan fingerprint density at radius 3 is 1.42 bits per heavy atom. The minimum atomic E-state index is -1.36. The Hall–Kier alpha value is -5.60. The number of rotatable bonds is 42. The summed E-state index contributed by atoms with van der Waals surface area (Å²) >= 11 is 1.37. The zero-order valence-electron chi connectivity index (χ0n) is 58.5. The number of unbranched alkanes of at least 4 members (excludes halogenated alkanes) is 4. The van der Waals surface area contributed by atoms with Crippen molar-refractivity contribution in [2.24, 2.45) is 35.5 Å². The van der Waals surface area contributed by atoms with Crippen molar-refractivity contribution in [3.8, 4) is 0 Å². The monoisotopic (exact) mass is 1300 g/mol. The third kappa shape index (κ3) is 27.7. The predicted molar refractivity (Wildman–Crippen MR) is 351 cm³/mol. The summed E-state index contributed by atoms with van der Waals surface area (Å²) in [5.41, 5.74) is 0. The third-order valence-corrected chi connectivity index (χ3v) is 17.3.